The van der Waals surface area contributed by atoms with Gasteiger partial charge in [-0.2, -0.15) is 0 Å². The Kier molecular flexibility index (Phi) is 34.2. The molecule has 0 spiro atoms. The summed E-state index contributed by atoms with van der Waals surface area (Å²) in [6.45, 7) is 0. The van der Waals surface area contributed by atoms with Crippen LogP contribution in [-0.2, 0) is 0 Å². The second-order valence-corrected chi connectivity index (χ2v) is 1.81. The topological polar surface area (TPSA) is 199 Å². The van der Waals surface area contributed by atoms with E-state index in [1.54, 1.807) is 0 Å². The van der Waals surface area contributed by atoms with E-state index in [9.17, 15) is 0 Å². The fourth-order valence-electron chi connectivity index (χ4n) is 0. The van der Waals surface area contributed by atoms with Crippen LogP contribution in [0.25, 0.3) is 0 Å². The first-order valence-corrected chi connectivity index (χ1v) is 4.30. The van der Waals surface area contributed by atoms with Gasteiger partial charge in [-0.15, -0.1) is 0 Å². The van der Waals surface area contributed by atoms with E-state index in [2.05, 4.69) is 0 Å². The molecule has 0 aliphatic carbocycles. The molecule has 0 rings (SSSR count). The molecular formula is H6AsCl3O9. The van der Waals surface area contributed by atoms with Gasteiger partial charge < -0.3 is 28.0 Å². The molecule has 0 aromatic carbocycles. The molecule has 0 aliphatic heterocycles. The van der Waals surface area contributed by atoms with Gasteiger partial charge in [-0.05, 0) is 0 Å². The molecule has 0 bridgehead atoms. The van der Waals surface area contributed by atoms with Crippen molar-refractivity contribution in [1.82, 2.24) is 0 Å². The maximum atomic E-state index is 8.52. The fraction of sp³-hybridized carbons (Fsp3) is 0. The molecule has 0 heterocycles. The van der Waals surface area contributed by atoms with Gasteiger partial charge >= 0.3 is 18.0 Å². The predicted molar refractivity (Wildman–Crippen MR) is 16.6 cm³/mol. The summed E-state index contributed by atoms with van der Waals surface area (Å²) >= 11 is 0. The van der Waals surface area contributed by atoms with Crippen LogP contribution in [0, 0.1) is 32.4 Å². The third-order valence-electron chi connectivity index (χ3n) is 0. The summed E-state index contributed by atoms with van der Waals surface area (Å²) in [6, 6.07) is 0. The van der Waals surface area contributed by atoms with Gasteiger partial charge in [0.1, 0.15) is 0 Å². The van der Waals surface area contributed by atoms with Gasteiger partial charge in [0.05, 0.1) is 0 Å². The Balaban J connectivity index is -0.0000000450. The van der Waals surface area contributed by atoms with Crippen molar-refractivity contribution >= 4 is 18.0 Å². The monoisotopic (exact) mass is 330 g/mol. The van der Waals surface area contributed by atoms with Crippen molar-refractivity contribution in [2.24, 2.45) is 0 Å². The zero-order valence-corrected chi connectivity index (χ0v) is 10.9. The van der Waals surface area contributed by atoms with Crippen molar-refractivity contribution < 1.29 is 74.3 Å². The SMILES string of the molecule is [AsH3].[O-][Cl+2]([O-])O.[O-][Cl+2]([O-])O.[O-][Cl+2]([O-])O. The van der Waals surface area contributed by atoms with Crippen molar-refractivity contribution in [3.63, 3.8) is 0 Å². The maximum absolute atomic E-state index is 8.52. The average molecular weight is 331 g/mol. The largest absolute Gasteiger partial charge is 0.321 e. The van der Waals surface area contributed by atoms with Crippen LogP contribution in [0.4, 0.5) is 0 Å². The van der Waals surface area contributed by atoms with E-state index >= 15 is 0 Å². The predicted octanol–water partition coefficient (Wildman–Crippen LogP) is -9.99. The summed E-state index contributed by atoms with van der Waals surface area (Å²) in [5.74, 6) is 0. The summed E-state index contributed by atoms with van der Waals surface area (Å²) in [7, 11) is -7.81. The molecule has 13 heteroatoms. The van der Waals surface area contributed by atoms with Gasteiger partial charge in [-0.25, -0.2) is 0 Å². The van der Waals surface area contributed by atoms with E-state index in [-0.39, 0.29) is 18.0 Å². The van der Waals surface area contributed by atoms with Gasteiger partial charge in [0.25, 0.3) is 32.4 Å². The number of halogens is 3. The first-order valence-electron chi connectivity index (χ1n) is 1.43. The van der Waals surface area contributed by atoms with Gasteiger partial charge in [-0.3, -0.25) is 0 Å². The Morgan fingerprint density at radius 1 is 0.538 bits per heavy atom. The van der Waals surface area contributed by atoms with Crippen LogP contribution >= 0.6 is 0 Å². The molecule has 3 N–H and O–H groups in total. The van der Waals surface area contributed by atoms with Crippen LogP contribution in [0.5, 0.6) is 0 Å². The summed E-state index contributed by atoms with van der Waals surface area (Å²) in [5.41, 5.74) is 0. The Bertz CT molecular complexity index is 43.4. The fourth-order valence-corrected chi connectivity index (χ4v) is 0. The normalized spacial score (nSPS) is 8.31. The molecule has 0 aliphatic rings. The van der Waals surface area contributed by atoms with Crippen LogP contribution in [0.2, 0.25) is 0 Å². The van der Waals surface area contributed by atoms with E-state index in [4.69, 9.17) is 41.9 Å². The van der Waals surface area contributed by atoms with E-state index in [0.29, 0.717) is 0 Å². The second kappa shape index (κ2) is 18.8. The van der Waals surface area contributed by atoms with E-state index in [1.165, 1.54) is 0 Å². The van der Waals surface area contributed by atoms with Gasteiger partial charge in [-0.1, -0.05) is 0 Å². The van der Waals surface area contributed by atoms with E-state index in [1.807, 2.05) is 0 Å². The third kappa shape index (κ3) is 1400. The van der Waals surface area contributed by atoms with Crippen molar-refractivity contribution in [2.75, 3.05) is 0 Å². The average Bonchev–Trinajstić information content (AvgIpc) is 1.54. The Labute approximate surface area is 92.4 Å². The molecule has 0 fully saturated rings. The first kappa shape index (κ1) is 23.7. The second-order valence-electron chi connectivity index (χ2n) is 0.603. The quantitative estimate of drug-likeness (QED) is 0.360. The molecule has 0 aromatic heterocycles. The molecule has 0 amide bonds. The molecule has 9 nitrogen and oxygen atoms in total. The molecule has 0 saturated heterocycles. The minimum absolute atomic E-state index is 0. The van der Waals surface area contributed by atoms with Crippen molar-refractivity contribution in [2.45, 2.75) is 0 Å². The zero-order chi connectivity index (χ0) is 10.7. The molecule has 86 valence electrons. The summed E-state index contributed by atoms with van der Waals surface area (Å²) in [6.07, 6.45) is 0. The molecule has 0 saturated carbocycles. The van der Waals surface area contributed by atoms with Crippen LogP contribution < -0.4 is 28.0 Å². The number of hydrogen-bond donors (Lipinski definition) is 3. The van der Waals surface area contributed by atoms with E-state index < -0.39 is 32.4 Å². The molecular weight excluding hydrogens is 325 g/mol. The Morgan fingerprint density at radius 2 is 0.538 bits per heavy atom. The van der Waals surface area contributed by atoms with Crippen LogP contribution in [0.1, 0.15) is 0 Å². The van der Waals surface area contributed by atoms with Crippen LogP contribution in [0.15, 0.2) is 0 Å². The Hall–Kier alpha value is 1.07. The number of rotatable bonds is 0. The van der Waals surface area contributed by atoms with E-state index in [0.717, 1.165) is 0 Å². The molecule has 1 unspecified atom stereocenters. The van der Waals surface area contributed by atoms with Gasteiger partial charge in [0, 0.05) is 14.0 Å². The van der Waals surface area contributed by atoms with Crippen LogP contribution in [-0.4, -0.2) is 31.9 Å². The zero-order valence-electron chi connectivity index (χ0n) is 5.63. The summed E-state index contributed by atoms with van der Waals surface area (Å²) in [5, 5.41) is 0. The summed E-state index contributed by atoms with van der Waals surface area (Å²) < 4.78 is 71.9. The Morgan fingerprint density at radius 3 is 0.538 bits per heavy atom. The standard InChI is InChI=1S/AsH3.3ClHO3/c;3*2-1(3)4/h1H3;3*2H. The molecule has 0 aromatic rings. The van der Waals surface area contributed by atoms with Crippen LogP contribution in [0.3, 0.4) is 0 Å². The summed E-state index contributed by atoms with van der Waals surface area (Å²) in [4.78, 5) is 0. The minimum atomic E-state index is -2.60. The smallest absolute Gasteiger partial charge is 0.282 e. The van der Waals surface area contributed by atoms with Crippen molar-refractivity contribution in [3.8, 4) is 0 Å². The molecule has 13 heavy (non-hydrogen) atoms. The first-order chi connectivity index (χ1) is 5.20. The number of hydrogen-bond acceptors (Lipinski definition) is 9. The maximum Gasteiger partial charge on any atom is 0.282 e. The van der Waals surface area contributed by atoms with Gasteiger partial charge in [0.15, 0.2) is 0 Å². The molecule has 0 radical (unpaired) electrons. The van der Waals surface area contributed by atoms with Gasteiger partial charge in [0.2, 0.25) is 0 Å². The molecule has 1 atom stereocenters. The van der Waals surface area contributed by atoms with Crippen molar-refractivity contribution in [3.05, 3.63) is 0 Å². The third-order valence-corrected chi connectivity index (χ3v) is 0. The minimum Gasteiger partial charge on any atom is -0.321 e. The van der Waals surface area contributed by atoms with Crippen molar-refractivity contribution in [1.29, 1.82) is 0 Å².